The SMILES string of the molecule is CCCCOC(CCCC)COC(=O)c1ccccc1C(=O)O. The van der Waals surface area contributed by atoms with Crippen LogP contribution in [0.4, 0.5) is 0 Å². The molecule has 23 heavy (non-hydrogen) atoms. The first-order valence-electron chi connectivity index (χ1n) is 8.21. The molecule has 0 radical (unpaired) electrons. The van der Waals surface area contributed by atoms with Crippen LogP contribution in [0.25, 0.3) is 0 Å². The number of esters is 1. The summed E-state index contributed by atoms with van der Waals surface area (Å²) in [4.78, 5) is 23.3. The van der Waals surface area contributed by atoms with E-state index in [9.17, 15) is 9.59 Å². The van der Waals surface area contributed by atoms with Gasteiger partial charge in [0.2, 0.25) is 0 Å². The highest BCUT2D eigenvalue weighted by Gasteiger charge is 2.19. The van der Waals surface area contributed by atoms with Gasteiger partial charge in [-0.05, 0) is 25.0 Å². The van der Waals surface area contributed by atoms with Crippen molar-refractivity contribution >= 4 is 11.9 Å². The second-order valence-electron chi connectivity index (χ2n) is 5.44. The highest BCUT2D eigenvalue weighted by molar-refractivity contribution is 6.02. The third-order valence-electron chi connectivity index (χ3n) is 3.51. The Kier molecular flexibility index (Phi) is 8.98. The first kappa shape index (κ1) is 19.2. The van der Waals surface area contributed by atoms with E-state index in [1.165, 1.54) is 12.1 Å². The molecule has 0 heterocycles. The molecule has 0 aliphatic rings. The lowest BCUT2D eigenvalue weighted by atomic mass is 10.1. The summed E-state index contributed by atoms with van der Waals surface area (Å²) in [5.74, 6) is -1.76. The molecular formula is C18H26O5. The van der Waals surface area contributed by atoms with E-state index in [1.807, 2.05) is 0 Å². The molecule has 0 amide bonds. The molecule has 0 aromatic heterocycles. The fourth-order valence-corrected chi connectivity index (χ4v) is 2.13. The number of rotatable bonds is 11. The summed E-state index contributed by atoms with van der Waals surface area (Å²) in [6.45, 7) is 4.98. The van der Waals surface area contributed by atoms with E-state index in [2.05, 4.69) is 13.8 Å². The summed E-state index contributed by atoms with van der Waals surface area (Å²) in [6.07, 6.45) is 4.75. The average molecular weight is 322 g/mol. The predicted octanol–water partition coefficient (Wildman–Crippen LogP) is 3.92. The summed E-state index contributed by atoms with van der Waals surface area (Å²) in [7, 11) is 0. The van der Waals surface area contributed by atoms with Gasteiger partial charge >= 0.3 is 11.9 Å². The van der Waals surface area contributed by atoms with Crippen LogP contribution >= 0.6 is 0 Å². The minimum atomic E-state index is -1.14. The number of carboxylic acid groups (broad SMARTS) is 1. The normalized spacial score (nSPS) is 11.9. The fraction of sp³-hybridized carbons (Fsp3) is 0.556. The molecular weight excluding hydrogens is 296 g/mol. The van der Waals surface area contributed by atoms with Crippen molar-refractivity contribution < 1.29 is 24.2 Å². The number of unbranched alkanes of at least 4 members (excludes halogenated alkanes) is 2. The van der Waals surface area contributed by atoms with Gasteiger partial charge in [-0.25, -0.2) is 9.59 Å². The highest BCUT2D eigenvalue weighted by atomic mass is 16.6. The van der Waals surface area contributed by atoms with Gasteiger partial charge < -0.3 is 14.6 Å². The van der Waals surface area contributed by atoms with E-state index in [0.29, 0.717) is 6.61 Å². The van der Waals surface area contributed by atoms with E-state index in [-0.39, 0.29) is 23.8 Å². The zero-order valence-corrected chi connectivity index (χ0v) is 13.9. The first-order chi connectivity index (χ1) is 11.1. The van der Waals surface area contributed by atoms with Crippen molar-refractivity contribution in [2.75, 3.05) is 13.2 Å². The maximum absolute atomic E-state index is 12.1. The van der Waals surface area contributed by atoms with E-state index >= 15 is 0 Å². The molecule has 0 saturated carbocycles. The molecule has 1 aromatic rings. The molecule has 5 nitrogen and oxygen atoms in total. The van der Waals surface area contributed by atoms with Gasteiger partial charge in [-0.2, -0.15) is 0 Å². The van der Waals surface area contributed by atoms with Gasteiger partial charge in [-0.3, -0.25) is 0 Å². The standard InChI is InChI=1S/C18H26O5/c1-3-5-9-14(22-12-6-4-2)13-23-18(21)16-11-8-7-10-15(16)17(19)20/h7-8,10-11,14H,3-6,9,12-13H2,1-2H3,(H,19,20). The van der Waals surface area contributed by atoms with Gasteiger partial charge in [-0.1, -0.05) is 45.2 Å². The molecule has 5 heteroatoms. The maximum atomic E-state index is 12.1. The first-order valence-corrected chi connectivity index (χ1v) is 8.21. The number of hydrogen-bond donors (Lipinski definition) is 1. The summed E-state index contributed by atoms with van der Waals surface area (Å²) < 4.78 is 11.0. The van der Waals surface area contributed by atoms with Gasteiger partial charge in [0.05, 0.1) is 17.2 Å². The van der Waals surface area contributed by atoms with Crippen molar-refractivity contribution in [3.05, 3.63) is 35.4 Å². The molecule has 0 fully saturated rings. The topological polar surface area (TPSA) is 72.8 Å². The zero-order chi connectivity index (χ0) is 17.1. The summed E-state index contributed by atoms with van der Waals surface area (Å²) in [5, 5.41) is 9.12. The molecule has 0 aliphatic heterocycles. The van der Waals surface area contributed by atoms with Crippen molar-refractivity contribution in [2.45, 2.75) is 52.1 Å². The minimum Gasteiger partial charge on any atom is -0.478 e. The van der Waals surface area contributed by atoms with E-state index in [1.54, 1.807) is 12.1 Å². The third kappa shape index (κ3) is 6.82. The fourth-order valence-electron chi connectivity index (χ4n) is 2.13. The van der Waals surface area contributed by atoms with Gasteiger partial charge in [0.15, 0.2) is 0 Å². The van der Waals surface area contributed by atoms with Crippen molar-refractivity contribution in [1.29, 1.82) is 0 Å². The van der Waals surface area contributed by atoms with Gasteiger partial charge in [0, 0.05) is 6.61 Å². The van der Waals surface area contributed by atoms with Gasteiger partial charge in [-0.15, -0.1) is 0 Å². The Morgan fingerprint density at radius 1 is 1.09 bits per heavy atom. The molecule has 128 valence electrons. The third-order valence-corrected chi connectivity index (χ3v) is 3.51. The largest absolute Gasteiger partial charge is 0.478 e. The number of hydrogen-bond acceptors (Lipinski definition) is 4. The molecule has 1 aromatic carbocycles. The maximum Gasteiger partial charge on any atom is 0.339 e. The number of ether oxygens (including phenoxy) is 2. The molecule has 0 saturated heterocycles. The average Bonchev–Trinajstić information content (AvgIpc) is 2.56. The van der Waals surface area contributed by atoms with Crippen LogP contribution in [0.5, 0.6) is 0 Å². The molecule has 1 N–H and O–H groups in total. The van der Waals surface area contributed by atoms with Crippen LogP contribution in [-0.4, -0.2) is 36.4 Å². The van der Waals surface area contributed by atoms with Gasteiger partial charge in [0.1, 0.15) is 6.61 Å². The van der Waals surface area contributed by atoms with Crippen molar-refractivity contribution in [1.82, 2.24) is 0 Å². The lowest BCUT2D eigenvalue weighted by Gasteiger charge is -2.18. The van der Waals surface area contributed by atoms with Crippen LogP contribution in [-0.2, 0) is 9.47 Å². The van der Waals surface area contributed by atoms with E-state index in [0.717, 1.165) is 32.1 Å². The van der Waals surface area contributed by atoms with Crippen molar-refractivity contribution in [3.8, 4) is 0 Å². The number of carboxylic acids is 1. The van der Waals surface area contributed by atoms with E-state index < -0.39 is 11.9 Å². The van der Waals surface area contributed by atoms with Crippen LogP contribution in [0.15, 0.2) is 24.3 Å². The molecule has 0 spiro atoms. The Morgan fingerprint density at radius 2 is 1.74 bits per heavy atom. The smallest absolute Gasteiger partial charge is 0.339 e. The lowest BCUT2D eigenvalue weighted by molar-refractivity contribution is -0.0132. The quantitative estimate of drug-likeness (QED) is 0.494. The Morgan fingerprint density at radius 3 is 2.35 bits per heavy atom. The predicted molar refractivity (Wildman–Crippen MR) is 87.9 cm³/mol. The number of aromatic carboxylic acids is 1. The van der Waals surface area contributed by atoms with Crippen LogP contribution in [0.2, 0.25) is 0 Å². The van der Waals surface area contributed by atoms with Crippen LogP contribution < -0.4 is 0 Å². The van der Waals surface area contributed by atoms with Crippen molar-refractivity contribution in [3.63, 3.8) is 0 Å². The monoisotopic (exact) mass is 322 g/mol. The minimum absolute atomic E-state index is 0.0468. The number of benzene rings is 1. The molecule has 1 unspecified atom stereocenters. The Balaban J connectivity index is 2.61. The molecule has 0 aliphatic carbocycles. The number of carbonyl (C=O) groups is 2. The highest BCUT2D eigenvalue weighted by Crippen LogP contribution is 2.12. The lowest BCUT2D eigenvalue weighted by Crippen LogP contribution is -2.23. The second kappa shape index (κ2) is 10.8. The summed E-state index contributed by atoms with van der Waals surface area (Å²) in [5.41, 5.74) is 0.0253. The Bertz CT molecular complexity index is 498. The Hall–Kier alpha value is -1.88. The summed E-state index contributed by atoms with van der Waals surface area (Å²) >= 11 is 0. The zero-order valence-electron chi connectivity index (χ0n) is 13.9. The van der Waals surface area contributed by atoms with E-state index in [4.69, 9.17) is 14.6 Å². The van der Waals surface area contributed by atoms with Crippen LogP contribution in [0, 0.1) is 0 Å². The van der Waals surface area contributed by atoms with Crippen LogP contribution in [0.3, 0.4) is 0 Å². The Labute approximate surface area is 137 Å². The van der Waals surface area contributed by atoms with Gasteiger partial charge in [0.25, 0.3) is 0 Å². The summed E-state index contributed by atoms with van der Waals surface area (Å²) in [6, 6.07) is 6.06. The second-order valence-corrected chi connectivity index (χ2v) is 5.44. The van der Waals surface area contributed by atoms with Crippen molar-refractivity contribution in [2.24, 2.45) is 0 Å². The molecule has 1 atom stereocenters. The molecule has 0 bridgehead atoms. The number of carbonyl (C=O) groups excluding carboxylic acids is 1. The molecule has 1 rings (SSSR count). The van der Waals surface area contributed by atoms with Crippen LogP contribution in [0.1, 0.15) is 66.7 Å².